The van der Waals surface area contributed by atoms with Crippen LogP contribution in [0.3, 0.4) is 0 Å². The van der Waals surface area contributed by atoms with Crippen molar-refractivity contribution in [2.45, 2.75) is 12.8 Å². The molecule has 0 nitrogen and oxygen atoms in total. The topological polar surface area (TPSA) is 0 Å². The van der Waals surface area contributed by atoms with Crippen LogP contribution in [0.5, 0.6) is 0 Å². The summed E-state index contributed by atoms with van der Waals surface area (Å²) in [7, 11) is 0. The maximum atomic E-state index is 2.33. The van der Waals surface area contributed by atoms with Crippen LogP contribution in [0, 0.1) is 0 Å². The van der Waals surface area contributed by atoms with Gasteiger partial charge in [-0.15, -0.1) is 0 Å². The number of hydrogen-bond donors (Lipinski definition) is 0. The van der Waals surface area contributed by atoms with E-state index in [0.29, 0.717) is 0 Å². The van der Waals surface area contributed by atoms with Crippen LogP contribution >= 0.6 is 0 Å². The molecule has 0 amide bonds. The molecule has 2 rings (SSSR count). The normalized spacial score (nSPS) is 16.5. The van der Waals surface area contributed by atoms with E-state index in [4.69, 9.17) is 0 Å². The van der Waals surface area contributed by atoms with Crippen molar-refractivity contribution in [2.24, 2.45) is 0 Å². The summed E-state index contributed by atoms with van der Waals surface area (Å²) in [6.45, 7) is 0. The van der Waals surface area contributed by atoms with Gasteiger partial charge in [0.15, 0.2) is 0 Å². The molecule has 0 aliphatic heterocycles. The van der Waals surface area contributed by atoms with Crippen LogP contribution in [-0.2, 0) is 0 Å². The van der Waals surface area contributed by atoms with Crippen LogP contribution in [-0.4, -0.2) is 15.4 Å². The summed E-state index contributed by atoms with van der Waals surface area (Å²) in [4.78, 5) is 0. The quantitative estimate of drug-likeness (QED) is 0.679. The Kier molecular flexibility index (Phi) is 3.03. The van der Waals surface area contributed by atoms with Crippen molar-refractivity contribution in [3.63, 3.8) is 0 Å². The molecule has 1 aromatic rings. The monoisotopic (exact) mass is 232 g/mol. The Morgan fingerprint density at radius 1 is 1.08 bits per heavy atom. The third-order valence-electron chi connectivity index (χ3n) is 2.37. The molecule has 66 valence electrons. The van der Waals surface area contributed by atoms with Crippen molar-refractivity contribution in [3.8, 4) is 0 Å². The Hall–Kier alpha value is -0.757. The Bertz CT molecular complexity index is 322. The Labute approximate surface area is 85.8 Å². The van der Waals surface area contributed by atoms with Gasteiger partial charge in [0.05, 0.1) is 0 Å². The summed E-state index contributed by atoms with van der Waals surface area (Å²) in [5.74, 6) is 0. The second-order valence-electron chi connectivity index (χ2n) is 3.45. The van der Waals surface area contributed by atoms with Gasteiger partial charge in [-0.05, 0) is 0 Å². The predicted molar refractivity (Wildman–Crippen MR) is 61.1 cm³/mol. The standard InChI is InChI=1S/C12H14Ge/c1-3-7-11(8-4-1)13-12-9-5-2-6-10-12/h1-5,7-9H,6,10,13H2. The molecule has 0 atom stereocenters. The van der Waals surface area contributed by atoms with Crippen LogP contribution in [0.4, 0.5) is 0 Å². The molecule has 0 saturated carbocycles. The van der Waals surface area contributed by atoms with E-state index in [-0.39, 0.29) is 0 Å². The van der Waals surface area contributed by atoms with Crippen molar-refractivity contribution in [3.05, 3.63) is 53.0 Å². The Morgan fingerprint density at radius 2 is 1.92 bits per heavy atom. The van der Waals surface area contributed by atoms with Crippen LogP contribution in [0.1, 0.15) is 12.8 Å². The van der Waals surface area contributed by atoms with Gasteiger partial charge in [-0.3, -0.25) is 0 Å². The molecule has 1 heteroatoms. The Balaban J connectivity index is 2.06. The molecule has 0 aromatic heterocycles. The molecule has 0 N–H and O–H groups in total. The summed E-state index contributed by atoms with van der Waals surface area (Å²) in [5, 5.41) is 0. The molecule has 1 aliphatic carbocycles. The average Bonchev–Trinajstić information content (AvgIpc) is 2.21. The molecule has 0 heterocycles. The molecule has 0 radical (unpaired) electrons. The van der Waals surface area contributed by atoms with Gasteiger partial charge < -0.3 is 0 Å². The molecular formula is C12H14Ge. The summed E-state index contributed by atoms with van der Waals surface area (Å²) in [6.07, 6.45) is 9.37. The number of rotatable bonds is 2. The Morgan fingerprint density at radius 3 is 2.62 bits per heavy atom. The SMILES string of the molecule is C1=CCC[C]([GeH2][c]2ccccc2)=C1. The molecule has 0 bridgehead atoms. The van der Waals surface area contributed by atoms with E-state index in [9.17, 15) is 0 Å². The van der Waals surface area contributed by atoms with Gasteiger partial charge in [0.1, 0.15) is 0 Å². The average molecular weight is 231 g/mol. The van der Waals surface area contributed by atoms with Gasteiger partial charge in [-0.1, -0.05) is 0 Å². The number of benzene rings is 1. The fraction of sp³-hybridized carbons (Fsp3) is 0.167. The van der Waals surface area contributed by atoms with E-state index in [0.717, 1.165) is 0 Å². The van der Waals surface area contributed by atoms with E-state index in [1.54, 1.807) is 8.80 Å². The van der Waals surface area contributed by atoms with Crippen LogP contribution in [0.2, 0.25) is 0 Å². The third-order valence-corrected chi connectivity index (χ3v) is 6.41. The first-order chi connectivity index (χ1) is 6.45. The zero-order chi connectivity index (χ0) is 8.93. The van der Waals surface area contributed by atoms with Crippen molar-refractivity contribution in [2.75, 3.05) is 0 Å². The summed E-state index contributed by atoms with van der Waals surface area (Å²) < 4.78 is 3.35. The molecule has 1 aliphatic rings. The molecule has 1 aromatic carbocycles. The van der Waals surface area contributed by atoms with Gasteiger partial charge >= 0.3 is 85.6 Å². The molecule has 13 heavy (non-hydrogen) atoms. The summed E-state index contributed by atoms with van der Waals surface area (Å²) >= 11 is -0.590. The second-order valence-corrected chi connectivity index (χ2v) is 7.81. The van der Waals surface area contributed by atoms with E-state index in [1.165, 1.54) is 12.8 Å². The zero-order valence-corrected chi connectivity index (χ0v) is 10.7. The van der Waals surface area contributed by atoms with Crippen molar-refractivity contribution < 1.29 is 0 Å². The molecule has 0 saturated heterocycles. The fourth-order valence-corrected chi connectivity index (χ4v) is 5.16. The fourth-order valence-electron chi connectivity index (χ4n) is 1.66. The van der Waals surface area contributed by atoms with E-state index in [1.807, 2.05) is 0 Å². The van der Waals surface area contributed by atoms with Crippen LogP contribution in [0.15, 0.2) is 53.0 Å². The summed E-state index contributed by atoms with van der Waals surface area (Å²) in [6, 6.07) is 11.0. The molecular weight excluding hydrogens is 217 g/mol. The van der Waals surface area contributed by atoms with Gasteiger partial charge in [-0.2, -0.15) is 0 Å². The minimum absolute atomic E-state index is 0.590. The third kappa shape index (κ3) is 2.59. The summed E-state index contributed by atoms with van der Waals surface area (Å²) in [5.41, 5.74) is 0. The molecule has 0 spiro atoms. The predicted octanol–water partition coefficient (Wildman–Crippen LogP) is 1.71. The maximum absolute atomic E-state index is 2.33. The van der Waals surface area contributed by atoms with E-state index >= 15 is 0 Å². The van der Waals surface area contributed by atoms with Crippen LogP contribution < -0.4 is 4.40 Å². The number of allylic oxidation sites excluding steroid dienone is 4. The molecule has 0 unspecified atom stereocenters. The van der Waals surface area contributed by atoms with Crippen molar-refractivity contribution in [1.82, 2.24) is 0 Å². The van der Waals surface area contributed by atoms with Crippen molar-refractivity contribution in [1.29, 1.82) is 0 Å². The minimum atomic E-state index is -0.590. The van der Waals surface area contributed by atoms with E-state index in [2.05, 4.69) is 48.6 Å². The van der Waals surface area contributed by atoms with E-state index < -0.39 is 15.4 Å². The van der Waals surface area contributed by atoms with Crippen molar-refractivity contribution >= 4 is 19.8 Å². The first-order valence-electron chi connectivity index (χ1n) is 4.83. The van der Waals surface area contributed by atoms with Crippen LogP contribution in [0.25, 0.3) is 0 Å². The zero-order valence-electron chi connectivity index (χ0n) is 7.74. The first kappa shape index (κ1) is 8.82. The van der Waals surface area contributed by atoms with Gasteiger partial charge in [0.2, 0.25) is 0 Å². The van der Waals surface area contributed by atoms with Gasteiger partial charge in [-0.25, -0.2) is 0 Å². The number of hydrogen-bond acceptors (Lipinski definition) is 0. The first-order valence-corrected chi connectivity index (χ1v) is 7.80. The second kappa shape index (κ2) is 4.47. The van der Waals surface area contributed by atoms with Gasteiger partial charge in [0.25, 0.3) is 0 Å². The molecule has 0 fully saturated rings. The van der Waals surface area contributed by atoms with Gasteiger partial charge in [0, 0.05) is 0 Å².